The Morgan fingerprint density at radius 3 is 2.53 bits per heavy atom. The molecule has 0 aliphatic carbocycles. The lowest BCUT2D eigenvalue weighted by molar-refractivity contribution is 0.129. The van der Waals surface area contributed by atoms with Crippen molar-refractivity contribution in [2.24, 2.45) is 11.8 Å². The van der Waals surface area contributed by atoms with Gasteiger partial charge < -0.3 is 4.74 Å². The van der Waals surface area contributed by atoms with Crippen molar-refractivity contribution >= 4 is 0 Å². The largest absolute Gasteiger partial charge is 0.377 e. The smallest absolute Gasteiger partial charge is 0.0674 e. The monoisotopic (exact) mass is 210 g/mol. The zero-order chi connectivity index (χ0) is 11.7. The van der Waals surface area contributed by atoms with E-state index < -0.39 is 0 Å². The first-order valence-electron chi connectivity index (χ1n) is 5.92. The van der Waals surface area contributed by atoms with Gasteiger partial charge in [0.25, 0.3) is 0 Å². The Hall–Kier alpha value is -0.560. The van der Waals surface area contributed by atoms with E-state index >= 15 is 0 Å². The minimum absolute atomic E-state index is 0.616. The summed E-state index contributed by atoms with van der Waals surface area (Å²) in [4.78, 5) is 0. The van der Waals surface area contributed by atoms with E-state index in [1.165, 1.54) is 12.0 Å². The van der Waals surface area contributed by atoms with Gasteiger partial charge in [0.05, 0.1) is 6.61 Å². The van der Waals surface area contributed by atoms with Gasteiger partial charge in [-0.05, 0) is 31.6 Å². The van der Waals surface area contributed by atoms with Gasteiger partial charge in [-0.25, -0.2) is 0 Å². The molecule has 1 atom stereocenters. The summed E-state index contributed by atoms with van der Waals surface area (Å²) < 4.78 is 5.55. The molecule has 1 nitrogen and oxygen atoms in total. The van der Waals surface area contributed by atoms with Crippen LogP contribution in [0.3, 0.4) is 0 Å². The van der Waals surface area contributed by atoms with Crippen molar-refractivity contribution in [1.29, 1.82) is 0 Å². The fraction of sp³-hybridized carbons (Fsp3) is 0.714. The van der Waals surface area contributed by atoms with Gasteiger partial charge in [-0.15, -0.1) is 6.58 Å². The van der Waals surface area contributed by atoms with Gasteiger partial charge in [0.1, 0.15) is 0 Å². The van der Waals surface area contributed by atoms with Crippen molar-refractivity contribution in [1.82, 2.24) is 0 Å². The van der Waals surface area contributed by atoms with E-state index in [0.29, 0.717) is 11.8 Å². The van der Waals surface area contributed by atoms with Crippen molar-refractivity contribution in [2.75, 3.05) is 13.2 Å². The number of allylic oxidation sites excluding steroid dienone is 2. The number of ether oxygens (including phenoxy) is 1. The molecule has 0 aliphatic heterocycles. The summed E-state index contributed by atoms with van der Waals surface area (Å²) in [6.45, 7) is 14.1. The summed E-state index contributed by atoms with van der Waals surface area (Å²) in [5, 5.41) is 0. The SMILES string of the molecule is C=CC(C)CCC=C(C)COCC(C)C. The second kappa shape index (κ2) is 8.72. The normalized spacial score (nSPS) is 14.3. The molecule has 0 saturated heterocycles. The van der Waals surface area contributed by atoms with Crippen LogP contribution in [-0.2, 0) is 4.74 Å². The molecule has 15 heavy (non-hydrogen) atoms. The second-order valence-corrected chi connectivity index (χ2v) is 4.75. The van der Waals surface area contributed by atoms with E-state index in [0.717, 1.165) is 19.6 Å². The first-order chi connectivity index (χ1) is 7.06. The van der Waals surface area contributed by atoms with Gasteiger partial charge >= 0.3 is 0 Å². The first-order valence-corrected chi connectivity index (χ1v) is 5.92. The minimum Gasteiger partial charge on any atom is -0.377 e. The van der Waals surface area contributed by atoms with Gasteiger partial charge in [0.2, 0.25) is 0 Å². The summed E-state index contributed by atoms with van der Waals surface area (Å²) in [7, 11) is 0. The Bertz CT molecular complexity index is 192. The molecule has 1 unspecified atom stereocenters. The highest BCUT2D eigenvalue weighted by molar-refractivity contribution is 4.98. The highest BCUT2D eigenvalue weighted by Crippen LogP contribution is 2.08. The summed E-state index contributed by atoms with van der Waals surface area (Å²) in [6, 6.07) is 0. The van der Waals surface area contributed by atoms with Gasteiger partial charge in [-0.1, -0.05) is 38.5 Å². The maximum Gasteiger partial charge on any atom is 0.0674 e. The quantitative estimate of drug-likeness (QED) is 0.545. The molecule has 0 aromatic rings. The molecular formula is C14H26O. The third-order valence-corrected chi connectivity index (χ3v) is 2.30. The summed E-state index contributed by atoms with van der Waals surface area (Å²) in [6.07, 6.45) is 6.61. The van der Waals surface area contributed by atoms with Crippen molar-refractivity contribution < 1.29 is 4.74 Å². The molecule has 0 aliphatic rings. The fourth-order valence-corrected chi connectivity index (χ4v) is 1.23. The van der Waals surface area contributed by atoms with Crippen molar-refractivity contribution in [3.05, 3.63) is 24.3 Å². The topological polar surface area (TPSA) is 9.23 Å². The highest BCUT2D eigenvalue weighted by Gasteiger charge is 1.96. The van der Waals surface area contributed by atoms with E-state index in [1.807, 2.05) is 6.08 Å². The van der Waals surface area contributed by atoms with Gasteiger partial charge in [0.15, 0.2) is 0 Å². The molecule has 0 spiro atoms. The van der Waals surface area contributed by atoms with Crippen molar-refractivity contribution in [2.45, 2.75) is 40.5 Å². The molecule has 1 heteroatoms. The number of hydrogen-bond donors (Lipinski definition) is 0. The molecular weight excluding hydrogens is 184 g/mol. The third-order valence-electron chi connectivity index (χ3n) is 2.30. The maximum atomic E-state index is 5.55. The Morgan fingerprint density at radius 2 is 2.00 bits per heavy atom. The standard InChI is InChI=1S/C14H26O/c1-6-13(4)8-7-9-14(5)11-15-10-12(2)3/h6,9,12-13H,1,7-8,10-11H2,2-5H3. The molecule has 0 radical (unpaired) electrons. The molecule has 88 valence electrons. The van der Waals surface area contributed by atoms with Crippen LogP contribution >= 0.6 is 0 Å². The fourth-order valence-electron chi connectivity index (χ4n) is 1.23. The molecule has 0 saturated carbocycles. The maximum absolute atomic E-state index is 5.55. The molecule has 0 heterocycles. The Kier molecular flexibility index (Phi) is 8.40. The lowest BCUT2D eigenvalue weighted by atomic mass is 10.1. The second-order valence-electron chi connectivity index (χ2n) is 4.75. The van der Waals surface area contributed by atoms with E-state index in [4.69, 9.17) is 4.74 Å². The van der Waals surface area contributed by atoms with Crippen LogP contribution in [0.1, 0.15) is 40.5 Å². The van der Waals surface area contributed by atoms with Gasteiger partial charge in [-0.3, -0.25) is 0 Å². The van der Waals surface area contributed by atoms with Crippen LogP contribution < -0.4 is 0 Å². The zero-order valence-corrected chi connectivity index (χ0v) is 10.8. The van der Waals surface area contributed by atoms with E-state index in [1.54, 1.807) is 0 Å². The summed E-state index contributed by atoms with van der Waals surface area (Å²) in [5.74, 6) is 1.24. The molecule has 0 amide bonds. The van der Waals surface area contributed by atoms with Crippen LogP contribution in [0.2, 0.25) is 0 Å². The van der Waals surface area contributed by atoms with Crippen LogP contribution in [0.4, 0.5) is 0 Å². The Morgan fingerprint density at radius 1 is 1.33 bits per heavy atom. The zero-order valence-electron chi connectivity index (χ0n) is 10.8. The summed E-state index contributed by atoms with van der Waals surface area (Å²) in [5.41, 5.74) is 1.34. The van der Waals surface area contributed by atoms with Crippen molar-refractivity contribution in [3.8, 4) is 0 Å². The van der Waals surface area contributed by atoms with E-state index in [9.17, 15) is 0 Å². The van der Waals surface area contributed by atoms with Crippen molar-refractivity contribution in [3.63, 3.8) is 0 Å². The predicted molar refractivity (Wildman–Crippen MR) is 68.0 cm³/mol. The Labute approximate surface area is 95.2 Å². The Balaban J connectivity index is 3.56. The van der Waals surface area contributed by atoms with Crippen LogP contribution in [0.25, 0.3) is 0 Å². The number of rotatable bonds is 8. The van der Waals surface area contributed by atoms with Crippen LogP contribution in [0.5, 0.6) is 0 Å². The molecule has 0 aromatic carbocycles. The van der Waals surface area contributed by atoms with E-state index in [-0.39, 0.29) is 0 Å². The first kappa shape index (κ1) is 14.4. The summed E-state index contributed by atoms with van der Waals surface area (Å²) >= 11 is 0. The van der Waals surface area contributed by atoms with Crippen LogP contribution in [-0.4, -0.2) is 13.2 Å². The highest BCUT2D eigenvalue weighted by atomic mass is 16.5. The van der Waals surface area contributed by atoms with Crippen LogP contribution in [0.15, 0.2) is 24.3 Å². The average Bonchev–Trinajstić information content (AvgIpc) is 2.17. The minimum atomic E-state index is 0.616. The van der Waals surface area contributed by atoms with Gasteiger partial charge in [-0.2, -0.15) is 0 Å². The van der Waals surface area contributed by atoms with Crippen LogP contribution in [0, 0.1) is 11.8 Å². The number of hydrogen-bond acceptors (Lipinski definition) is 1. The van der Waals surface area contributed by atoms with Gasteiger partial charge in [0, 0.05) is 6.61 Å². The molecule has 0 aromatic heterocycles. The molecule has 0 fully saturated rings. The molecule has 0 N–H and O–H groups in total. The predicted octanol–water partition coefficient (Wildman–Crippen LogP) is 4.21. The molecule has 0 rings (SSSR count). The average molecular weight is 210 g/mol. The lowest BCUT2D eigenvalue weighted by Crippen LogP contribution is -2.03. The van der Waals surface area contributed by atoms with E-state index in [2.05, 4.69) is 40.3 Å². The molecule has 0 bridgehead atoms. The lowest BCUT2D eigenvalue weighted by Gasteiger charge is -2.07. The third kappa shape index (κ3) is 9.74.